The molecule has 5 nitrogen and oxygen atoms in total. The number of benzene rings is 2. The maximum Gasteiger partial charge on any atom is 0.258 e. The fourth-order valence-corrected chi connectivity index (χ4v) is 2.94. The molecule has 1 unspecified atom stereocenters. The van der Waals surface area contributed by atoms with Gasteiger partial charge < -0.3 is 15.4 Å². The highest BCUT2D eigenvalue weighted by atomic mass is 35.5. The minimum absolute atomic E-state index is 0.237. The van der Waals surface area contributed by atoms with Crippen LogP contribution in [0.3, 0.4) is 0 Å². The van der Waals surface area contributed by atoms with Crippen molar-refractivity contribution in [3.8, 4) is 0 Å². The SMILES string of the molecule is CNC(=O)c1ccc(NC(=O)C2OCCc3ccccc32)c(Cl)c1. The predicted octanol–water partition coefficient (Wildman–Crippen LogP) is 2.95. The molecule has 2 amide bonds. The van der Waals surface area contributed by atoms with Crippen molar-refractivity contribution in [2.24, 2.45) is 0 Å². The minimum atomic E-state index is -0.662. The lowest BCUT2D eigenvalue weighted by atomic mass is 9.97. The van der Waals surface area contributed by atoms with E-state index in [1.807, 2.05) is 24.3 Å². The average molecular weight is 345 g/mol. The van der Waals surface area contributed by atoms with E-state index in [0.717, 1.165) is 17.5 Å². The molecule has 124 valence electrons. The second kappa shape index (κ2) is 7.03. The summed E-state index contributed by atoms with van der Waals surface area (Å²) in [6.45, 7) is 0.498. The molecule has 6 heteroatoms. The number of carbonyl (C=O) groups is 2. The third-order valence-corrected chi connectivity index (χ3v) is 4.26. The van der Waals surface area contributed by atoms with E-state index in [-0.39, 0.29) is 11.8 Å². The van der Waals surface area contributed by atoms with Crippen molar-refractivity contribution in [2.75, 3.05) is 19.0 Å². The van der Waals surface area contributed by atoms with Crippen molar-refractivity contribution in [2.45, 2.75) is 12.5 Å². The smallest absolute Gasteiger partial charge is 0.258 e. The number of fused-ring (bicyclic) bond motifs is 1. The number of amides is 2. The number of halogens is 1. The van der Waals surface area contributed by atoms with E-state index < -0.39 is 6.10 Å². The maximum atomic E-state index is 12.6. The lowest BCUT2D eigenvalue weighted by Crippen LogP contribution is -2.28. The molecule has 0 fully saturated rings. The van der Waals surface area contributed by atoms with Gasteiger partial charge in [-0.1, -0.05) is 35.9 Å². The molecule has 2 aromatic carbocycles. The zero-order valence-electron chi connectivity index (χ0n) is 13.1. The van der Waals surface area contributed by atoms with Gasteiger partial charge in [-0.15, -0.1) is 0 Å². The van der Waals surface area contributed by atoms with E-state index >= 15 is 0 Å². The number of hydrogen-bond donors (Lipinski definition) is 2. The van der Waals surface area contributed by atoms with E-state index in [1.54, 1.807) is 19.2 Å². The predicted molar refractivity (Wildman–Crippen MR) is 92.3 cm³/mol. The van der Waals surface area contributed by atoms with Crippen LogP contribution in [0.1, 0.15) is 27.6 Å². The summed E-state index contributed by atoms with van der Waals surface area (Å²) in [5, 5.41) is 5.60. The molecule has 2 aromatic rings. The topological polar surface area (TPSA) is 67.4 Å². The van der Waals surface area contributed by atoms with Crippen LogP contribution in [-0.2, 0) is 16.0 Å². The summed E-state index contributed by atoms with van der Waals surface area (Å²) in [7, 11) is 1.55. The van der Waals surface area contributed by atoms with Crippen LogP contribution in [0.5, 0.6) is 0 Å². The molecule has 0 aromatic heterocycles. The number of carbonyl (C=O) groups excluding carboxylic acids is 2. The van der Waals surface area contributed by atoms with Crippen molar-refractivity contribution >= 4 is 29.1 Å². The Morgan fingerprint density at radius 2 is 2.00 bits per heavy atom. The summed E-state index contributed by atoms with van der Waals surface area (Å²) < 4.78 is 5.64. The second-order valence-electron chi connectivity index (χ2n) is 5.46. The van der Waals surface area contributed by atoms with Crippen LogP contribution in [0.2, 0.25) is 5.02 Å². The summed E-state index contributed by atoms with van der Waals surface area (Å²) in [5.74, 6) is -0.518. The Kier molecular flexibility index (Phi) is 4.83. The Morgan fingerprint density at radius 3 is 2.75 bits per heavy atom. The summed E-state index contributed by atoms with van der Waals surface area (Å²) >= 11 is 6.18. The van der Waals surface area contributed by atoms with Crippen LogP contribution in [0.15, 0.2) is 42.5 Å². The van der Waals surface area contributed by atoms with Crippen LogP contribution in [0, 0.1) is 0 Å². The quantitative estimate of drug-likeness (QED) is 0.899. The molecule has 0 radical (unpaired) electrons. The van der Waals surface area contributed by atoms with Crippen LogP contribution >= 0.6 is 11.6 Å². The Labute approximate surface area is 145 Å². The van der Waals surface area contributed by atoms with Gasteiger partial charge in [0.2, 0.25) is 0 Å². The molecule has 3 rings (SSSR count). The van der Waals surface area contributed by atoms with Crippen LogP contribution in [0.25, 0.3) is 0 Å². The van der Waals surface area contributed by atoms with Gasteiger partial charge in [0.1, 0.15) is 0 Å². The first kappa shape index (κ1) is 16.5. The van der Waals surface area contributed by atoms with Gasteiger partial charge in [-0.25, -0.2) is 0 Å². The highest BCUT2D eigenvalue weighted by Crippen LogP contribution is 2.30. The van der Waals surface area contributed by atoms with Crippen LogP contribution in [-0.4, -0.2) is 25.5 Å². The summed E-state index contributed by atoms with van der Waals surface area (Å²) in [6.07, 6.45) is 0.131. The van der Waals surface area contributed by atoms with E-state index in [0.29, 0.717) is 22.9 Å². The van der Waals surface area contributed by atoms with Gasteiger partial charge in [0, 0.05) is 12.6 Å². The lowest BCUT2D eigenvalue weighted by Gasteiger charge is -2.25. The highest BCUT2D eigenvalue weighted by molar-refractivity contribution is 6.34. The molecule has 0 saturated carbocycles. The zero-order chi connectivity index (χ0) is 17.1. The van der Waals surface area contributed by atoms with E-state index in [4.69, 9.17) is 16.3 Å². The van der Waals surface area contributed by atoms with E-state index in [2.05, 4.69) is 10.6 Å². The Bertz CT molecular complexity index is 792. The average Bonchev–Trinajstić information content (AvgIpc) is 2.62. The zero-order valence-corrected chi connectivity index (χ0v) is 13.9. The molecule has 0 saturated heterocycles. The lowest BCUT2D eigenvalue weighted by molar-refractivity contribution is -0.128. The summed E-state index contributed by atoms with van der Waals surface area (Å²) in [4.78, 5) is 24.2. The number of nitrogens with one attached hydrogen (secondary N) is 2. The molecule has 0 bridgehead atoms. The van der Waals surface area contributed by atoms with Crippen molar-refractivity contribution in [3.05, 3.63) is 64.2 Å². The standard InChI is InChI=1S/C18H17ClN2O3/c1-20-17(22)12-6-7-15(14(19)10-12)21-18(23)16-13-5-3-2-4-11(13)8-9-24-16/h2-7,10,16H,8-9H2,1H3,(H,20,22)(H,21,23). The summed E-state index contributed by atoms with van der Waals surface area (Å²) in [6, 6.07) is 12.5. The fourth-order valence-electron chi connectivity index (χ4n) is 2.71. The number of ether oxygens (including phenoxy) is 1. The first-order chi connectivity index (χ1) is 11.6. The number of rotatable bonds is 3. The van der Waals surface area contributed by atoms with Gasteiger partial charge in [-0.2, -0.15) is 0 Å². The highest BCUT2D eigenvalue weighted by Gasteiger charge is 2.27. The second-order valence-corrected chi connectivity index (χ2v) is 5.87. The Balaban J connectivity index is 1.80. The normalized spacial score (nSPS) is 16.2. The van der Waals surface area contributed by atoms with Gasteiger partial charge in [-0.3, -0.25) is 9.59 Å². The molecule has 1 aliphatic rings. The molecule has 2 N–H and O–H groups in total. The molecule has 24 heavy (non-hydrogen) atoms. The molecular formula is C18H17ClN2O3. The van der Waals surface area contributed by atoms with Crippen LogP contribution < -0.4 is 10.6 Å². The third-order valence-electron chi connectivity index (χ3n) is 3.95. The molecular weight excluding hydrogens is 328 g/mol. The number of anilines is 1. The van der Waals surface area contributed by atoms with E-state index in [1.165, 1.54) is 6.07 Å². The Hall–Kier alpha value is -2.37. The van der Waals surface area contributed by atoms with E-state index in [9.17, 15) is 9.59 Å². The monoisotopic (exact) mass is 344 g/mol. The fraction of sp³-hybridized carbons (Fsp3) is 0.222. The first-order valence-corrected chi connectivity index (χ1v) is 8.00. The van der Waals surface area contributed by atoms with Gasteiger partial charge in [-0.05, 0) is 35.7 Å². The third kappa shape index (κ3) is 3.27. The van der Waals surface area contributed by atoms with Crippen molar-refractivity contribution in [1.82, 2.24) is 5.32 Å². The van der Waals surface area contributed by atoms with Gasteiger partial charge in [0.25, 0.3) is 11.8 Å². The summed E-state index contributed by atoms with van der Waals surface area (Å²) in [5.41, 5.74) is 2.87. The van der Waals surface area contributed by atoms with Crippen molar-refractivity contribution in [3.63, 3.8) is 0 Å². The van der Waals surface area contributed by atoms with Gasteiger partial charge >= 0.3 is 0 Å². The molecule has 0 spiro atoms. The van der Waals surface area contributed by atoms with Gasteiger partial charge in [0.15, 0.2) is 6.10 Å². The molecule has 1 heterocycles. The minimum Gasteiger partial charge on any atom is -0.363 e. The first-order valence-electron chi connectivity index (χ1n) is 7.62. The molecule has 0 aliphatic carbocycles. The van der Waals surface area contributed by atoms with Crippen molar-refractivity contribution < 1.29 is 14.3 Å². The largest absolute Gasteiger partial charge is 0.363 e. The molecule has 1 aliphatic heterocycles. The molecule has 1 atom stereocenters. The Morgan fingerprint density at radius 1 is 1.21 bits per heavy atom. The van der Waals surface area contributed by atoms with Crippen molar-refractivity contribution in [1.29, 1.82) is 0 Å². The van der Waals surface area contributed by atoms with Gasteiger partial charge in [0.05, 0.1) is 17.3 Å². The van der Waals surface area contributed by atoms with Crippen LogP contribution in [0.4, 0.5) is 5.69 Å². The maximum absolute atomic E-state index is 12.6. The number of hydrogen-bond acceptors (Lipinski definition) is 3.